The van der Waals surface area contributed by atoms with Gasteiger partial charge in [0.25, 0.3) is 0 Å². The summed E-state index contributed by atoms with van der Waals surface area (Å²) in [6.45, 7) is 6.55. The summed E-state index contributed by atoms with van der Waals surface area (Å²) in [5, 5.41) is 0. The standard InChI is InChI=1S/C73H130O6/c1-4-7-10-13-16-19-22-25-28-31-34-36-39-42-45-48-51-54-57-60-63-66-72(75)78-69-70(68-77-71(74)65-62-59-56-53-50-47-44-41-38-33-30-27-24-21-18-15-12-9-6-3)79-73(76)67-64-61-58-55-52-49-46-43-40-37-35-32-29-26-23-20-17-14-11-8-5-2/h9,12,18,21,26-27,29-30,38,41,47,50,70H,4-8,10-11,13-17,19-20,22-25,28,31-37,39-40,42-46,48-49,51-69H2,1-3H3/b12-9-,21-18-,29-26-,30-27-,41-38-,50-47-/t70-/m1/s1. The van der Waals surface area contributed by atoms with E-state index in [9.17, 15) is 14.4 Å². The lowest BCUT2D eigenvalue weighted by Crippen LogP contribution is -2.30. The molecule has 0 aromatic heterocycles. The van der Waals surface area contributed by atoms with Gasteiger partial charge in [-0.15, -0.1) is 0 Å². The van der Waals surface area contributed by atoms with Gasteiger partial charge in [-0.1, -0.05) is 318 Å². The highest BCUT2D eigenvalue weighted by Crippen LogP contribution is 2.18. The van der Waals surface area contributed by atoms with E-state index in [1.54, 1.807) is 0 Å². The molecular weight excluding hydrogens is 973 g/mol. The molecule has 0 rings (SSSR count). The lowest BCUT2D eigenvalue weighted by molar-refractivity contribution is -0.167. The van der Waals surface area contributed by atoms with Gasteiger partial charge in [0.2, 0.25) is 0 Å². The van der Waals surface area contributed by atoms with Crippen LogP contribution in [0.2, 0.25) is 0 Å². The molecule has 0 aliphatic carbocycles. The zero-order valence-corrected chi connectivity index (χ0v) is 52.6. The number of carbonyl (C=O) groups excluding carboxylic acids is 3. The molecule has 6 nitrogen and oxygen atoms in total. The number of allylic oxidation sites excluding steroid dienone is 12. The Morgan fingerprint density at radius 1 is 0.266 bits per heavy atom. The van der Waals surface area contributed by atoms with Gasteiger partial charge in [-0.05, 0) is 89.9 Å². The van der Waals surface area contributed by atoms with Gasteiger partial charge in [-0.25, -0.2) is 0 Å². The lowest BCUT2D eigenvalue weighted by atomic mass is 10.0. The van der Waals surface area contributed by atoms with Crippen molar-refractivity contribution < 1.29 is 28.6 Å². The van der Waals surface area contributed by atoms with Crippen LogP contribution in [0.25, 0.3) is 0 Å². The minimum absolute atomic E-state index is 0.0826. The third kappa shape index (κ3) is 65.5. The Morgan fingerprint density at radius 3 is 0.797 bits per heavy atom. The van der Waals surface area contributed by atoms with Crippen molar-refractivity contribution in [2.45, 2.75) is 361 Å². The normalized spacial score (nSPS) is 12.5. The summed E-state index contributed by atoms with van der Waals surface area (Å²) in [7, 11) is 0. The zero-order chi connectivity index (χ0) is 57.1. The van der Waals surface area contributed by atoms with E-state index >= 15 is 0 Å². The summed E-state index contributed by atoms with van der Waals surface area (Å²) < 4.78 is 17.0. The van der Waals surface area contributed by atoms with Crippen molar-refractivity contribution >= 4 is 17.9 Å². The largest absolute Gasteiger partial charge is 0.462 e. The Morgan fingerprint density at radius 2 is 0.494 bits per heavy atom. The fourth-order valence-corrected chi connectivity index (χ4v) is 10.1. The van der Waals surface area contributed by atoms with Crippen molar-refractivity contribution in [2.24, 2.45) is 0 Å². The van der Waals surface area contributed by atoms with Gasteiger partial charge in [-0.3, -0.25) is 14.4 Å². The molecule has 0 saturated carbocycles. The van der Waals surface area contributed by atoms with Gasteiger partial charge in [0.1, 0.15) is 13.2 Å². The predicted octanol–water partition coefficient (Wildman–Crippen LogP) is 23.7. The van der Waals surface area contributed by atoms with Crippen molar-refractivity contribution in [3.05, 3.63) is 72.9 Å². The lowest BCUT2D eigenvalue weighted by Gasteiger charge is -2.18. The van der Waals surface area contributed by atoms with E-state index in [2.05, 4.69) is 93.7 Å². The summed E-state index contributed by atoms with van der Waals surface area (Å²) >= 11 is 0. The molecule has 0 radical (unpaired) electrons. The molecular formula is C73H130O6. The van der Waals surface area contributed by atoms with Crippen LogP contribution in [0.4, 0.5) is 0 Å². The van der Waals surface area contributed by atoms with Gasteiger partial charge in [-0.2, -0.15) is 0 Å². The maximum atomic E-state index is 13.0. The van der Waals surface area contributed by atoms with Gasteiger partial charge < -0.3 is 14.2 Å². The Bertz CT molecular complexity index is 1450. The highest BCUT2D eigenvalue weighted by molar-refractivity contribution is 5.71. The molecule has 79 heavy (non-hydrogen) atoms. The monoisotopic (exact) mass is 1100 g/mol. The van der Waals surface area contributed by atoms with Crippen LogP contribution >= 0.6 is 0 Å². The van der Waals surface area contributed by atoms with Crippen LogP contribution in [0.5, 0.6) is 0 Å². The average molecular weight is 1100 g/mol. The second-order valence-electron chi connectivity index (χ2n) is 23.1. The van der Waals surface area contributed by atoms with Crippen LogP contribution < -0.4 is 0 Å². The van der Waals surface area contributed by atoms with Crippen LogP contribution in [0.3, 0.4) is 0 Å². The molecule has 1 atom stereocenters. The molecule has 0 aromatic rings. The third-order valence-electron chi connectivity index (χ3n) is 15.2. The fraction of sp³-hybridized carbons (Fsp3) is 0.795. The third-order valence-corrected chi connectivity index (χ3v) is 15.2. The molecule has 0 spiro atoms. The maximum absolute atomic E-state index is 13.0. The maximum Gasteiger partial charge on any atom is 0.306 e. The Balaban J connectivity index is 4.39. The molecule has 0 aliphatic rings. The molecule has 0 N–H and O–H groups in total. The molecule has 0 unspecified atom stereocenters. The first kappa shape index (κ1) is 75.8. The molecule has 0 aliphatic heterocycles. The van der Waals surface area contributed by atoms with E-state index < -0.39 is 6.10 Å². The summed E-state index contributed by atoms with van der Waals surface area (Å²) in [6.07, 6.45) is 87.8. The Kier molecular flexibility index (Phi) is 64.7. The van der Waals surface area contributed by atoms with E-state index in [4.69, 9.17) is 14.2 Å². The predicted molar refractivity (Wildman–Crippen MR) is 344 cm³/mol. The first-order chi connectivity index (χ1) is 39.0. The van der Waals surface area contributed by atoms with E-state index in [0.717, 1.165) is 96.3 Å². The molecule has 0 fully saturated rings. The molecule has 458 valence electrons. The highest BCUT2D eigenvalue weighted by atomic mass is 16.6. The van der Waals surface area contributed by atoms with E-state index in [1.165, 1.54) is 218 Å². The van der Waals surface area contributed by atoms with E-state index in [0.29, 0.717) is 19.3 Å². The number of ether oxygens (including phenoxy) is 3. The van der Waals surface area contributed by atoms with Gasteiger partial charge in [0.15, 0.2) is 6.10 Å². The second kappa shape index (κ2) is 67.4. The number of esters is 3. The van der Waals surface area contributed by atoms with Crippen LogP contribution in [0.15, 0.2) is 72.9 Å². The van der Waals surface area contributed by atoms with Crippen LogP contribution in [0.1, 0.15) is 355 Å². The number of hydrogen-bond acceptors (Lipinski definition) is 6. The summed E-state index contributed by atoms with van der Waals surface area (Å²) in [5.41, 5.74) is 0. The number of unbranched alkanes of at least 4 members (excludes halogenated alkanes) is 40. The molecule has 0 heterocycles. The van der Waals surface area contributed by atoms with Gasteiger partial charge in [0.05, 0.1) is 0 Å². The van der Waals surface area contributed by atoms with Crippen LogP contribution in [0, 0.1) is 0 Å². The van der Waals surface area contributed by atoms with Crippen molar-refractivity contribution in [2.75, 3.05) is 13.2 Å². The zero-order valence-electron chi connectivity index (χ0n) is 52.6. The average Bonchev–Trinajstić information content (AvgIpc) is 3.45. The topological polar surface area (TPSA) is 78.9 Å². The van der Waals surface area contributed by atoms with Crippen molar-refractivity contribution in [1.82, 2.24) is 0 Å². The number of hydrogen-bond donors (Lipinski definition) is 0. The molecule has 6 heteroatoms. The quantitative estimate of drug-likeness (QED) is 0.0261. The number of rotatable bonds is 63. The fourth-order valence-electron chi connectivity index (χ4n) is 10.1. The summed E-state index contributed by atoms with van der Waals surface area (Å²) in [4.78, 5) is 38.4. The first-order valence-corrected chi connectivity index (χ1v) is 34.4. The highest BCUT2D eigenvalue weighted by Gasteiger charge is 2.19. The molecule has 0 aromatic carbocycles. The Labute approximate surface area is 491 Å². The smallest absolute Gasteiger partial charge is 0.306 e. The van der Waals surface area contributed by atoms with Crippen LogP contribution in [-0.2, 0) is 28.6 Å². The van der Waals surface area contributed by atoms with E-state index in [-0.39, 0.29) is 31.1 Å². The van der Waals surface area contributed by atoms with E-state index in [1.807, 2.05) is 0 Å². The molecule has 0 amide bonds. The SMILES string of the molecule is CC/C=C\C/C=C\C/C=C\C/C=C\C/C=C\CCCCCC(=O)OC[C@H](COC(=O)CCCCCCCCCCCCCCCCCCCCCCC)OC(=O)CCCCCCCCCCCCC/C=C\CCCCCCCC. The van der Waals surface area contributed by atoms with Gasteiger partial charge >= 0.3 is 17.9 Å². The van der Waals surface area contributed by atoms with Crippen molar-refractivity contribution in [1.29, 1.82) is 0 Å². The molecule has 0 saturated heterocycles. The van der Waals surface area contributed by atoms with Crippen molar-refractivity contribution in [3.63, 3.8) is 0 Å². The molecule has 0 bridgehead atoms. The number of carbonyl (C=O) groups is 3. The second-order valence-corrected chi connectivity index (χ2v) is 23.1. The minimum atomic E-state index is -0.790. The van der Waals surface area contributed by atoms with Crippen LogP contribution in [-0.4, -0.2) is 37.2 Å². The summed E-state index contributed by atoms with van der Waals surface area (Å²) in [6, 6.07) is 0. The minimum Gasteiger partial charge on any atom is -0.462 e. The summed E-state index contributed by atoms with van der Waals surface area (Å²) in [5.74, 6) is -0.896. The van der Waals surface area contributed by atoms with Crippen molar-refractivity contribution in [3.8, 4) is 0 Å². The van der Waals surface area contributed by atoms with Gasteiger partial charge in [0, 0.05) is 19.3 Å². The first-order valence-electron chi connectivity index (χ1n) is 34.4. The Hall–Kier alpha value is -3.15.